The molecule has 1 heterocycles. The third-order valence-corrected chi connectivity index (χ3v) is 4.80. The van der Waals surface area contributed by atoms with Crippen molar-refractivity contribution in [3.05, 3.63) is 21.1 Å². The van der Waals surface area contributed by atoms with Crippen molar-refractivity contribution >= 4 is 39.3 Å². The van der Waals surface area contributed by atoms with Crippen LogP contribution in [0.2, 0.25) is 5.15 Å². The van der Waals surface area contributed by atoms with Crippen LogP contribution < -0.4 is 0 Å². The fourth-order valence-corrected chi connectivity index (χ4v) is 1.98. The second kappa shape index (κ2) is 5.02. The molecule has 1 rings (SSSR count). The molecule has 0 atom stereocenters. The van der Waals surface area contributed by atoms with Crippen LogP contribution in [0.25, 0.3) is 0 Å². The Hall–Kier alpha value is 0.200. The highest BCUT2D eigenvalue weighted by Crippen LogP contribution is 2.34. The summed E-state index contributed by atoms with van der Waals surface area (Å²) in [4.78, 5) is 8.84. The molecular weight excluding hydrogens is 296 g/mol. The van der Waals surface area contributed by atoms with E-state index < -0.39 is 0 Å². The molecule has 2 nitrogen and oxygen atoms in total. The van der Waals surface area contributed by atoms with Crippen LogP contribution in [-0.2, 0) is 11.2 Å². The third kappa shape index (κ3) is 2.86. The summed E-state index contributed by atoms with van der Waals surface area (Å²) >= 11 is 11.2. The minimum Gasteiger partial charge on any atom is -0.235 e. The number of nitrogens with zero attached hydrogens (tertiary/aromatic N) is 2. The first-order valence-corrected chi connectivity index (χ1v) is 7.09. The van der Waals surface area contributed by atoms with E-state index in [1.54, 1.807) is 11.8 Å². The molecule has 0 aromatic carbocycles. The summed E-state index contributed by atoms with van der Waals surface area (Å²) in [6, 6.07) is 0. The van der Waals surface area contributed by atoms with Crippen LogP contribution in [0, 0.1) is 0 Å². The monoisotopic (exact) mass is 308 g/mol. The van der Waals surface area contributed by atoms with Gasteiger partial charge in [-0.15, -0.1) is 0 Å². The zero-order chi connectivity index (χ0) is 11.6. The lowest BCUT2D eigenvalue weighted by molar-refractivity contribution is 0.697. The summed E-state index contributed by atoms with van der Waals surface area (Å²) in [6.45, 7) is 6.24. The largest absolute Gasteiger partial charge is 0.235 e. The topological polar surface area (TPSA) is 25.8 Å². The lowest BCUT2D eigenvalue weighted by Gasteiger charge is -2.21. The highest BCUT2D eigenvalue weighted by Gasteiger charge is 2.24. The molecule has 15 heavy (non-hydrogen) atoms. The Balaban J connectivity index is 3.28. The van der Waals surface area contributed by atoms with E-state index in [0.29, 0.717) is 5.15 Å². The van der Waals surface area contributed by atoms with Gasteiger partial charge in [0.05, 0.1) is 14.9 Å². The van der Waals surface area contributed by atoms with Crippen LogP contribution in [0.15, 0.2) is 4.47 Å². The zero-order valence-electron chi connectivity index (χ0n) is 9.27. The van der Waals surface area contributed by atoms with Crippen LogP contribution >= 0.6 is 39.3 Å². The van der Waals surface area contributed by atoms with Gasteiger partial charge in [0.25, 0.3) is 0 Å². The molecule has 1 aromatic heterocycles. The predicted molar refractivity (Wildman–Crippen MR) is 70.7 cm³/mol. The summed E-state index contributed by atoms with van der Waals surface area (Å²) in [5, 5.41) is 0.499. The molecule has 5 heteroatoms. The SMILES string of the molecule is CCc1nc(C(C)(C)SC)nc(Cl)c1Br. The summed E-state index contributed by atoms with van der Waals surface area (Å²) in [7, 11) is 0. The molecule has 1 aromatic rings. The Morgan fingerprint density at radius 3 is 2.47 bits per heavy atom. The normalized spacial score (nSPS) is 11.9. The molecule has 0 spiro atoms. The van der Waals surface area contributed by atoms with Gasteiger partial charge in [-0.1, -0.05) is 18.5 Å². The maximum atomic E-state index is 6.05. The first kappa shape index (κ1) is 13.3. The summed E-state index contributed by atoms with van der Waals surface area (Å²) in [5.74, 6) is 0.792. The van der Waals surface area contributed by atoms with Crippen molar-refractivity contribution in [2.24, 2.45) is 0 Å². The molecule has 0 amide bonds. The van der Waals surface area contributed by atoms with E-state index in [2.05, 4.69) is 46.7 Å². The number of rotatable bonds is 3. The second-order valence-electron chi connectivity index (χ2n) is 3.67. The molecule has 0 aliphatic heterocycles. The molecule has 0 bridgehead atoms. The quantitative estimate of drug-likeness (QED) is 0.788. The highest BCUT2D eigenvalue weighted by atomic mass is 79.9. The maximum Gasteiger partial charge on any atom is 0.147 e. The minimum absolute atomic E-state index is 0.103. The van der Waals surface area contributed by atoms with Crippen LogP contribution in [-0.4, -0.2) is 16.2 Å². The van der Waals surface area contributed by atoms with Gasteiger partial charge in [-0.2, -0.15) is 11.8 Å². The number of hydrogen-bond donors (Lipinski definition) is 0. The molecule has 0 aliphatic carbocycles. The Morgan fingerprint density at radius 2 is 2.00 bits per heavy atom. The van der Waals surface area contributed by atoms with Crippen molar-refractivity contribution in [1.82, 2.24) is 9.97 Å². The van der Waals surface area contributed by atoms with E-state index in [0.717, 1.165) is 22.4 Å². The van der Waals surface area contributed by atoms with E-state index in [-0.39, 0.29) is 4.75 Å². The van der Waals surface area contributed by atoms with Gasteiger partial charge >= 0.3 is 0 Å². The molecule has 0 saturated carbocycles. The van der Waals surface area contributed by atoms with Gasteiger partial charge in [-0.05, 0) is 42.5 Å². The Labute approximate surface area is 108 Å². The van der Waals surface area contributed by atoms with Crippen molar-refractivity contribution in [2.45, 2.75) is 31.9 Å². The van der Waals surface area contributed by atoms with Gasteiger partial charge in [0.2, 0.25) is 0 Å². The van der Waals surface area contributed by atoms with Gasteiger partial charge < -0.3 is 0 Å². The number of aromatic nitrogens is 2. The zero-order valence-corrected chi connectivity index (χ0v) is 12.4. The number of aryl methyl sites for hydroxylation is 1. The molecule has 0 radical (unpaired) electrons. The van der Waals surface area contributed by atoms with Crippen molar-refractivity contribution in [1.29, 1.82) is 0 Å². The average molecular weight is 310 g/mol. The lowest BCUT2D eigenvalue weighted by Crippen LogP contribution is -2.17. The van der Waals surface area contributed by atoms with E-state index in [1.165, 1.54) is 0 Å². The Morgan fingerprint density at radius 1 is 1.40 bits per heavy atom. The van der Waals surface area contributed by atoms with Crippen molar-refractivity contribution in [3.63, 3.8) is 0 Å². The Bertz CT molecular complexity index is 369. The first-order valence-electron chi connectivity index (χ1n) is 4.70. The van der Waals surface area contributed by atoms with Crippen LogP contribution in [0.5, 0.6) is 0 Å². The molecule has 0 saturated heterocycles. The number of hydrogen-bond acceptors (Lipinski definition) is 3. The molecular formula is C10H14BrClN2S. The second-order valence-corrected chi connectivity index (χ2v) is 6.25. The number of halogens is 2. The van der Waals surface area contributed by atoms with Gasteiger partial charge in [-0.25, -0.2) is 9.97 Å². The average Bonchev–Trinajstić information content (AvgIpc) is 2.21. The smallest absolute Gasteiger partial charge is 0.147 e. The lowest BCUT2D eigenvalue weighted by atomic mass is 10.2. The van der Waals surface area contributed by atoms with Crippen molar-refractivity contribution in [3.8, 4) is 0 Å². The standard InChI is InChI=1S/C10H14BrClN2S/c1-5-6-7(11)8(12)14-9(13-6)10(2,3)15-4/h5H2,1-4H3. The summed E-state index contributed by atoms with van der Waals surface area (Å²) in [5.41, 5.74) is 0.965. The predicted octanol–water partition coefficient (Wildman–Crippen LogP) is 4.05. The molecule has 0 fully saturated rings. The van der Waals surface area contributed by atoms with Crippen LogP contribution in [0.4, 0.5) is 0 Å². The molecule has 84 valence electrons. The van der Waals surface area contributed by atoms with Crippen LogP contribution in [0.3, 0.4) is 0 Å². The van der Waals surface area contributed by atoms with Crippen molar-refractivity contribution in [2.75, 3.05) is 6.26 Å². The van der Waals surface area contributed by atoms with Gasteiger partial charge in [0, 0.05) is 0 Å². The summed E-state index contributed by atoms with van der Waals surface area (Å²) < 4.78 is 0.709. The minimum atomic E-state index is -0.103. The first-order chi connectivity index (χ1) is 6.92. The van der Waals surface area contributed by atoms with Gasteiger partial charge in [-0.3, -0.25) is 0 Å². The third-order valence-electron chi connectivity index (χ3n) is 2.26. The van der Waals surface area contributed by atoms with E-state index >= 15 is 0 Å². The fraction of sp³-hybridized carbons (Fsp3) is 0.600. The highest BCUT2D eigenvalue weighted by molar-refractivity contribution is 9.10. The molecule has 0 unspecified atom stereocenters. The molecule has 0 N–H and O–H groups in total. The fourth-order valence-electron chi connectivity index (χ4n) is 1.06. The molecule has 0 aliphatic rings. The van der Waals surface area contributed by atoms with E-state index in [4.69, 9.17) is 11.6 Å². The van der Waals surface area contributed by atoms with E-state index in [9.17, 15) is 0 Å². The van der Waals surface area contributed by atoms with Crippen molar-refractivity contribution < 1.29 is 0 Å². The van der Waals surface area contributed by atoms with Gasteiger partial charge in [0.15, 0.2) is 0 Å². The number of thioether (sulfide) groups is 1. The Kier molecular flexibility index (Phi) is 4.44. The maximum absolute atomic E-state index is 6.05. The summed E-state index contributed by atoms with van der Waals surface area (Å²) in [6.07, 6.45) is 2.89. The van der Waals surface area contributed by atoms with E-state index in [1.807, 2.05) is 6.26 Å². The van der Waals surface area contributed by atoms with Crippen LogP contribution in [0.1, 0.15) is 32.3 Å². The van der Waals surface area contributed by atoms with Gasteiger partial charge in [0.1, 0.15) is 11.0 Å².